The predicted molar refractivity (Wildman–Crippen MR) is 72.6 cm³/mol. The normalized spacial score (nSPS) is 10.5. The highest BCUT2D eigenvalue weighted by Gasteiger charge is 2.14. The van der Waals surface area contributed by atoms with Crippen molar-refractivity contribution in [2.45, 2.75) is 20.3 Å². The van der Waals surface area contributed by atoms with Crippen molar-refractivity contribution in [1.82, 2.24) is 4.98 Å². The molecule has 1 aromatic heterocycles. The van der Waals surface area contributed by atoms with Crippen molar-refractivity contribution in [3.8, 4) is 17.0 Å². The van der Waals surface area contributed by atoms with Crippen LogP contribution in [0.15, 0.2) is 18.2 Å². The fourth-order valence-corrected chi connectivity index (χ4v) is 2.61. The minimum absolute atomic E-state index is 0.611. The first-order valence-corrected chi connectivity index (χ1v) is 6.37. The Morgan fingerprint density at radius 2 is 2.18 bits per heavy atom. The van der Waals surface area contributed by atoms with Gasteiger partial charge >= 0.3 is 0 Å². The van der Waals surface area contributed by atoms with E-state index in [1.54, 1.807) is 18.4 Å². The van der Waals surface area contributed by atoms with Gasteiger partial charge in [0.15, 0.2) is 5.13 Å². The van der Waals surface area contributed by atoms with E-state index in [4.69, 9.17) is 10.5 Å². The highest BCUT2D eigenvalue weighted by atomic mass is 32.1. The maximum absolute atomic E-state index is 5.79. The Balaban J connectivity index is 2.61. The van der Waals surface area contributed by atoms with Gasteiger partial charge in [-0.3, -0.25) is 0 Å². The summed E-state index contributed by atoms with van der Waals surface area (Å²) in [7, 11) is 1.68. The van der Waals surface area contributed by atoms with Crippen LogP contribution in [0.1, 0.15) is 17.4 Å². The number of ether oxygens (including phenoxy) is 1. The van der Waals surface area contributed by atoms with Gasteiger partial charge in [-0.1, -0.05) is 18.6 Å². The third-order valence-electron chi connectivity index (χ3n) is 2.65. The maximum atomic E-state index is 5.79. The van der Waals surface area contributed by atoms with Crippen LogP contribution in [0.25, 0.3) is 11.3 Å². The molecule has 90 valence electrons. The summed E-state index contributed by atoms with van der Waals surface area (Å²) in [6.07, 6.45) is 0.932. The molecule has 0 bridgehead atoms. The Bertz CT molecular complexity index is 534. The van der Waals surface area contributed by atoms with Gasteiger partial charge in [0, 0.05) is 10.4 Å². The number of hydrogen-bond donors (Lipinski definition) is 1. The molecular formula is C13H16N2OS. The summed E-state index contributed by atoms with van der Waals surface area (Å²) in [5.41, 5.74) is 8.96. The van der Waals surface area contributed by atoms with Crippen LogP contribution in [0.5, 0.6) is 5.75 Å². The van der Waals surface area contributed by atoms with Crippen LogP contribution >= 0.6 is 11.3 Å². The van der Waals surface area contributed by atoms with Crippen molar-refractivity contribution in [2.24, 2.45) is 0 Å². The Hall–Kier alpha value is -1.55. The standard InChI is InChI=1S/C13H16N2OS/c1-4-11-12(15-13(14)17-11)9-7-8(2)5-6-10(9)16-3/h5-7H,4H2,1-3H3,(H2,14,15). The Morgan fingerprint density at radius 1 is 1.41 bits per heavy atom. The lowest BCUT2D eigenvalue weighted by Crippen LogP contribution is -1.92. The zero-order valence-electron chi connectivity index (χ0n) is 10.3. The highest BCUT2D eigenvalue weighted by Crippen LogP contribution is 2.36. The lowest BCUT2D eigenvalue weighted by Gasteiger charge is -2.08. The molecular weight excluding hydrogens is 232 g/mol. The van der Waals surface area contributed by atoms with Crippen LogP contribution in [-0.4, -0.2) is 12.1 Å². The molecule has 0 saturated carbocycles. The molecule has 17 heavy (non-hydrogen) atoms. The Morgan fingerprint density at radius 3 is 2.82 bits per heavy atom. The molecule has 0 fully saturated rings. The Labute approximate surface area is 105 Å². The molecule has 0 radical (unpaired) electrons. The Kier molecular flexibility index (Phi) is 3.33. The summed E-state index contributed by atoms with van der Waals surface area (Å²) in [4.78, 5) is 5.62. The topological polar surface area (TPSA) is 48.1 Å². The van der Waals surface area contributed by atoms with E-state index in [2.05, 4.69) is 24.9 Å². The monoisotopic (exact) mass is 248 g/mol. The maximum Gasteiger partial charge on any atom is 0.180 e. The quantitative estimate of drug-likeness (QED) is 0.906. The van der Waals surface area contributed by atoms with Crippen molar-refractivity contribution >= 4 is 16.5 Å². The number of thiazole rings is 1. The third-order valence-corrected chi connectivity index (χ3v) is 3.67. The lowest BCUT2D eigenvalue weighted by atomic mass is 10.1. The van der Waals surface area contributed by atoms with Gasteiger partial charge in [0.25, 0.3) is 0 Å². The van der Waals surface area contributed by atoms with E-state index in [-0.39, 0.29) is 0 Å². The predicted octanol–water partition coefficient (Wildman–Crippen LogP) is 3.27. The molecule has 1 aromatic carbocycles. The number of rotatable bonds is 3. The molecule has 0 amide bonds. The number of anilines is 1. The van der Waals surface area contributed by atoms with Crippen molar-refractivity contribution in [3.05, 3.63) is 28.6 Å². The number of aryl methyl sites for hydroxylation is 2. The molecule has 1 heterocycles. The SMILES string of the molecule is CCc1sc(N)nc1-c1cc(C)ccc1OC. The van der Waals surface area contributed by atoms with Gasteiger partial charge in [-0.2, -0.15) is 0 Å². The molecule has 2 N–H and O–H groups in total. The number of methoxy groups -OCH3 is 1. The van der Waals surface area contributed by atoms with Crippen LogP contribution in [0.3, 0.4) is 0 Å². The molecule has 0 aliphatic carbocycles. The zero-order chi connectivity index (χ0) is 12.4. The van der Waals surface area contributed by atoms with Gasteiger partial charge in [-0.15, -0.1) is 11.3 Å². The molecule has 0 aliphatic heterocycles. The van der Waals surface area contributed by atoms with Gasteiger partial charge in [0.2, 0.25) is 0 Å². The third kappa shape index (κ3) is 2.26. The summed E-state index contributed by atoms with van der Waals surface area (Å²) in [6.45, 7) is 4.17. The highest BCUT2D eigenvalue weighted by molar-refractivity contribution is 7.15. The summed E-state index contributed by atoms with van der Waals surface area (Å²) in [5, 5.41) is 0.611. The minimum atomic E-state index is 0.611. The summed E-state index contributed by atoms with van der Waals surface area (Å²) >= 11 is 1.55. The average Bonchev–Trinajstić information content (AvgIpc) is 2.70. The van der Waals surface area contributed by atoms with Crippen LogP contribution in [0.4, 0.5) is 5.13 Å². The molecule has 0 atom stereocenters. The fraction of sp³-hybridized carbons (Fsp3) is 0.308. The van der Waals surface area contributed by atoms with Crippen LogP contribution in [-0.2, 0) is 6.42 Å². The fourth-order valence-electron chi connectivity index (χ4n) is 1.83. The second-order valence-electron chi connectivity index (χ2n) is 3.88. The molecule has 0 spiro atoms. The minimum Gasteiger partial charge on any atom is -0.496 e. The smallest absolute Gasteiger partial charge is 0.180 e. The van der Waals surface area contributed by atoms with Crippen molar-refractivity contribution in [2.75, 3.05) is 12.8 Å². The molecule has 3 nitrogen and oxygen atoms in total. The molecule has 0 unspecified atom stereocenters. The molecule has 0 saturated heterocycles. The van der Waals surface area contributed by atoms with E-state index in [1.807, 2.05) is 12.1 Å². The zero-order valence-corrected chi connectivity index (χ0v) is 11.1. The largest absolute Gasteiger partial charge is 0.496 e. The van der Waals surface area contributed by atoms with Crippen LogP contribution in [0.2, 0.25) is 0 Å². The summed E-state index contributed by atoms with van der Waals surface area (Å²) in [6, 6.07) is 6.09. The second kappa shape index (κ2) is 4.75. The number of hydrogen-bond acceptors (Lipinski definition) is 4. The van der Waals surface area contributed by atoms with E-state index in [0.29, 0.717) is 5.13 Å². The molecule has 4 heteroatoms. The van der Waals surface area contributed by atoms with Gasteiger partial charge < -0.3 is 10.5 Å². The van der Waals surface area contributed by atoms with Crippen LogP contribution in [0, 0.1) is 6.92 Å². The van der Waals surface area contributed by atoms with Gasteiger partial charge in [-0.25, -0.2) is 4.98 Å². The van der Waals surface area contributed by atoms with Gasteiger partial charge in [0.1, 0.15) is 5.75 Å². The number of nitrogens with zero attached hydrogens (tertiary/aromatic N) is 1. The first-order chi connectivity index (χ1) is 8.15. The van der Waals surface area contributed by atoms with E-state index in [0.717, 1.165) is 23.4 Å². The van der Waals surface area contributed by atoms with E-state index < -0.39 is 0 Å². The summed E-state index contributed by atoms with van der Waals surface area (Å²) in [5.74, 6) is 0.843. The number of benzene rings is 1. The molecule has 2 aromatic rings. The van der Waals surface area contributed by atoms with Crippen molar-refractivity contribution < 1.29 is 4.74 Å². The van der Waals surface area contributed by atoms with E-state index in [9.17, 15) is 0 Å². The van der Waals surface area contributed by atoms with E-state index >= 15 is 0 Å². The van der Waals surface area contributed by atoms with Gasteiger partial charge in [0.05, 0.1) is 12.8 Å². The van der Waals surface area contributed by atoms with Crippen molar-refractivity contribution in [3.63, 3.8) is 0 Å². The van der Waals surface area contributed by atoms with Crippen molar-refractivity contribution in [1.29, 1.82) is 0 Å². The van der Waals surface area contributed by atoms with E-state index in [1.165, 1.54) is 10.4 Å². The first-order valence-electron chi connectivity index (χ1n) is 5.56. The molecule has 0 aliphatic rings. The van der Waals surface area contributed by atoms with Crippen LogP contribution < -0.4 is 10.5 Å². The lowest BCUT2D eigenvalue weighted by molar-refractivity contribution is 0.416. The van der Waals surface area contributed by atoms with Gasteiger partial charge in [-0.05, 0) is 25.5 Å². The number of nitrogen functional groups attached to an aromatic ring is 1. The first kappa shape index (κ1) is 11.9. The molecule has 2 rings (SSSR count). The number of aromatic nitrogens is 1. The number of nitrogens with two attached hydrogens (primary N) is 1. The average molecular weight is 248 g/mol. The summed E-state index contributed by atoms with van der Waals surface area (Å²) < 4.78 is 5.39. The second-order valence-corrected chi connectivity index (χ2v) is 5.00.